The lowest BCUT2D eigenvalue weighted by Crippen LogP contribution is -2.24. The van der Waals surface area contributed by atoms with Gasteiger partial charge in [0, 0.05) is 11.3 Å². The summed E-state index contributed by atoms with van der Waals surface area (Å²) in [6.07, 6.45) is -2.52. The zero-order chi connectivity index (χ0) is 21.2. The maximum absolute atomic E-state index is 12.8. The number of imidazole rings is 1. The molecular weight excluding hydrogens is 381 g/mol. The number of hydrogen-bond acceptors (Lipinski definition) is 4. The van der Waals surface area contributed by atoms with E-state index in [9.17, 15) is 18.0 Å². The molecule has 0 fully saturated rings. The van der Waals surface area contributed by atoms with E-state index in [1.165, 1.54) is 6.92 Å². The van der Waals surface area contributed by atoms with E-state index in [1.54, 1.807) is 6.20 Å². The number of ketones is 1. The second kappa shape index (κ2) is 7.98. The van der Waals surface area contributed by atoms with Crippen LogP contribution in [-0.4, -0.2) is 26.4 Å². The van der Waals surface area contributed by atoms with Crippen molar-refractivity contribution >= 4 is 11.5 Å². The summed E-state index contributed by atoms with van der Waals surface area (Å²) in [6.45, 7) is 3.15. The van der Waals surface area contributed by atoms with Crippen LogP contribution in [0.5, 0.6) is 0 Å². The van der Waals surface area contributed by atoms with Gasteiger partial charge in [-0.2, -0.15) is 13.2 Å². The Bertz CT molecular complexity index is 1040. The molecule has 29 heavy (non-hydrogen) atoms. The van der Waals surface area contributed by atoms with E-state index in [4.69, 9.17) is 5.41 Å². The summed E-state index contributed by atoms with van der Waals surface area (Å²) in [6, 6.07) is 11.3. The van der Waals surface area contributed by atoms with Gasteiger partial charge in [-0.25, -0.2) is 9.97 Å². The predicted octanol–water partition coefficient (Wildman–Crippen LogP) is 5.20. The summed E-state index contributed by atoms with van der Waals surface area (Å²) in [5.74, 6) is -0.808. The Labute approximate surface area is 165 Å². The largest absolute Gasteiger partial charge is 0.433 e. The van der Waals surface area contributed by atoms with Crippen LogP contribution in [0.3, 0.4) is 0 Å². The fraction of sp³-hybridized carbons (Fsp3) is 0.238. The Morgan fingerprint density at radius 3 is 2.45 bits per heavy atom. The fourth-order valence-electron chi connectivity index (χ4n) is 3.07. The minimum atomic E-state index is -4.59. The Balaban J connectivity index is 1.87. The molecule has 150 valence electrons. The van der Waals surface area contributed by atoms with E-state index >= 15 is 0 Å². The van der Waals surface area contributed by atoms with Crippen LogP contribution in [0.25, 0.3) is 11.3 Å². The van der Waals surface area contributed by atoms with Gasteiger partial charge >= 0.3 is 6.18 Å². The van der Waals surface area contributed by atoms with E-state index in [0.29, 0.717) is 12.2 Å². The van der Waals surface area contributed by atoms with Crippen LogP contribution < -0.4 is 0 Å². The molecule has 8 heteroatoms. The van der Waals surface area contributed by atoms with E-state index in [0.717, 1.165) is 23.4 Å². The molecule has 0 saturated heterocycles. The van der Waals surface area contributed by atoms with Gasteiger partial charge < -0.3 is 10.4 Å². The molecule has 1 atom stereocenters. The number of pyridine rings is 1. The molecule has 0 spiro atoms. The lowest BCUT2D eigenvalue weighted by Gasteiger charge is -2.15. The predicted molar refractivity (Wildman–Crippen MR) is 103 cm³/mol. The van der Waals surface area contributed by atoms with Crippen molar-refractivity contribution in [1.29, 1.82) is 5.41 Å². The molecule has 0 aliphatic rings. The second-order valence-electron chi connectivity index (χ2n) is 6.58. The molecule has 2 heterocycles. The maximum atomic E-state index is 12.8. The highest BCUT2D eigenvalue weighted by atomic mass is 19.4. The first-order valence-corrected chi connectivity index (χ1v) is 9.00. The van der Waals surface area contributed by atoms with Gasteiger partial charge in [0.15, 0.2) is 0 Å². The molecule has 1 unspecified atom stereocenters. The van der Waals surface area contributed by atoms with Crippen molar-refractivity contribution in [2.75, 3.05) is 0 Å². The van der Waals surface area contributed by atoms with Crippen LogP contribution in [0.2, 0.25) is 0 Å². The molecular formula is C21H19F3N4O. The highest BCUT2D eigenvalue weighted by molar-refractivity contribution is 6.46. The number of Topliss-reactive ketones (excluding diaryl/α,β-unsaturated/α-hetero) is 1. The number of benzene rings is 1. The minimum Gasteiger partial charge on any atom is -0.341 e. The number of H-pyrrole nitrogens is 1. The van der Waals surface area contributed by atoms with Crippen molar-refractivity contribution in [3.8, 4) is 11.3 Å². The average molecular weight is 400 g/mol. The summed E-state index contributed by atoms with van der Waals surface area (Å²) in [5, 5.41) is 8.35. The molecule has 3 rings (SSSR count). The number of nitrogens with zero attached hydrogens (tertiary/aromatic N) is 2. The standard InChI is InChI=1S/C21H19F3N4O/c1-3-14(20-26-11-16(28-20)13-7-5-4-6-8-13)18(25)19(29)15-9-10-17(21(22,23)24)27-12(15)2/h4-11,14,25H,3H2,1-2H3,(H,26,28). The van der Waals surface area contributed by atoms with Crippen molar-refractivity contribution < 1.29 is 18.0 Å². The van der Waals surface area contributed by atoms with Gasteiger partial charge in [-0.1, -0.05) is 37.3 Å². The van der Waals surface area contributed by atoms with Crippen LogP contribution >= 0.6 is 0 Å². The summed E-state index contributed by atoms with van der Waals surface area (Å²) < 4.78 is 38.4. The molecule has 0 aliphatic carbocycles. The third-order valence-electron chi connectivity index (χ3n) is 4.63. The quantitative estimate of drug-likeness (QED) is 0.441. The maximum Gasteiger partial charge on any atom is 0.433 e. The summed E-state index contributed by atoms with van der Waals surface area (Å²) in [4.78, 5) is 23.7. The molecule has 3 aromatic rings. The number of aromatic nitrogens is 3. The average Bonchev–Trinajstić information content (AvgIpc) is 3.17. The van der Waals surface area contributed by atoms with Gasteiger partial charge in [-0.15, -0.1) is 0 Å². The third-order valence-corrected chi connectivity index (χ3v) is 4.63. The van der Waals surface area contributed by atoms with Crippen LogP contribution in [0.15, 0.2) is 48.7 Å². The Kier molecular flexibility index (Phi) is 5.63. The molecule has 5 nitrogen and oxygen atoms in total. The number of hydrogen-bond donors (Lipinski definition) is 2. The van der Waals surface area contributed by atoms with Crippen LogP contribution in [-0.2, 0) is 6.18 Å². The normalized spacial score (nSPS) is 12.6. The van der Waals surface area contributed by atoms with Gasteiger partial charge in [-0.3, -0.25) is 4.79 Å². The first kappa shape index (κ1) is 20.4. The molecule has 1 aromatic carbocycles. The van der Waals surface area contributed by atoms with Crippen molar-refractivity contribution in [3.05, 3.63) is 71.4 Å². The zero-order valence-electron chi connectivity index (χ0n) is 15.8. The Morgan fingerprint density at radius 1 is 1.17 bits per heavy atom. The summed E-state index contributed by atoms with van der Waals surface area (Å²) in [7, 11) is 0. The first-order valence-electron chi connectivity index (χ1n) is 9.00. The van der Waals surface area contributed by atoms with Gasteiger partial charge in [-0.05, 0) is 31.0 Å². The van der Waals surface area contributed by atoms with Gasteiger partial charge in [0.2, 0.25) is 5.78 Å². The third kappa shape index (κ3) is 4.26. The van der Waals surface area contributed by atoms with E-state index < -0.39 is 23.6 Å². The van der Waals surface area contributed by atoms with E-state index in [-0.39, 0.29) is 17.0 Å². The second-order valence-corrected chi connectivity index (χ2v) is 6.58. The topological polar surface area (TPSA) is 82.5 Å². The van der Waals surface area contributed by atoms with E-state index in [2.05, 4.69) is 15.0 Å². The van der Waals surface area contributed by atoms with Crippen molar-refractivity contribution in [1.82, 2.24) is 15.0 Å². The van der Waals surface area contributed by atoms with Crippen molar-refractivity contribution in [3.63, 3.8) is 0 Å². The molecule has 0 radical (unpaired) electrons. The highest BCUT2D eigenvalue weighted by Crippen LogP contribution is 2.29. The van der Waals surface area contributed by atoms with Crippen LogP contribution in [0.4, 0.5) is 13.2 Å². The molecule has 0 saturated carbocycles. The molecule has 0 bridgehead atoms. The Morgan fingerprint density at radius 2 is 1.86 bits per heavy atom. The number of rotatable bonds is 6. The van der Waals surface area contributed by atoms with Crippen molar-refractivity contribution in [2.24, 2.45) is 0 Å². The molecule has 2 aromatic heterocycles. The van der Waals surface area contributed by atoms with E-state index in [1.807, 2.05) is 37.3 Å². The number of carbonyl (C=O) groups is 1. The first-order chi connectivity index (χ1) is 13.7. The Hall–Kier alpha value is -3.29. The minimum absolute atomic E-state index is 0.0173. The number of aromatic amines is 1. The van der Waals surface area contributed by atoms with Gasteiger partial charge in [0.1, 0.15) is 11.5 Å². The molecule has 0 amide bonds. The molecule has 2 N–H and O–H groups in total. The highest BCUT2D eigenvalue weighted by Gasteiger charge is 2.34. The number of aryl methyl sites for hydroxylation is 1. The summed E-state index contributed by atoms with van der Waals surface area (Å²) in [5.41, 5.74) is 0.285. The molecule has 0 aliphatic heterocycles. The monoisotopic (exact) mass is 400 g/mol. The SMILES string of the molecule is CCC(C(=N)C(=O)c1ccc(C(F)(F)F)nc1C)c1ncc(-c2ccccc2)[nH]1. The van der Waals surface area contributed by atoms with Gasteiger partial charge in [0.25, 0.3) is 0 Å². The number of halogens is 3. The zero-order valence-corrected chi connectivity index (χ0v) is 15.8. The smallest absolute Gasteiger partial charge is 0.341 e. The fourth-order valence-corrected chi connectivity index (χ4v) is 3.07. The van der Waals surface area contributed by atoms with Crippen LogP contribution in [0, 0.1) is 12.3 Å². The van der Waals surface area contributed by atoms with Crippen molar-refractivity contribution in [2.45, 2.75) is 32.4 Å². The van der Waals surface area contributed by atoms with Crippen LogP contribution in [0.1, 0.15) is 46.8 Å². The number of nitrogens with one attached hydrogen (secondary N) is 2. The number of carbonyl (C=O) groups excluding carboxylic acids is 1. The lowest BCUT2D eigenvalue weighted by atomic mass is 9.92. The van der Waals surface area contributed by atoms with Gasteiger partial charge in [0.05, 0.1) is 23.5 Å². The summed E-state index contributed by atoms with van der Waals surface area (Å²) >= 11 is 0. The lowest BCUT2D eigenvalue weighted by molar-refractivity contribution is -0.141. The number of alkyl halides is 3.